The first-order valence-electron chi connectivity index (χ1n) is 6.77. The molecule has 1 heterocycles. The molecule has 2 rings (SSSR count). The number of likely N-dealkylation sites (N-methyl/N-ethyl adjacent to an activating group) is 1. The van der Waals surface area contributed by atoms with Crippen molar-refractivity contribution in [2.24, 2.45) is 0 Å². The molecule has 0 saturated carbocycles. The van der Waals surface area contributed by atoms with Crippen molar-refractivity contribution in [2.45, 2.75) is 32.6 Å². The first-order valence-corrected chi connectivity index (χ1v) is 6.77. The van der Waals surface area contributed by atoms with E-state index in [0.717, 1.165) is 19.0 Å². The van der Waals surface area contributed by atoms with Gasteiger partial charge >= 0.3 is 0 Å². The summed E-state index contributed by atoms with van der Waals surface area (Å²) in [5.41, 5.74) is 4.54. The Balaban J connectivity index is 2.17. The topological polar surface area (TPSA) is 15.3 Å². The molecule has 1 unspecified atom stereocenters. The van der Waals surface area contributed by atoms with Crippen LogP contribution in [0.15, 0.2) is 18.2 Å². The lowest BCUT2D eigenvalue weighted by atomic mass is 9.93. The van der Waals surface area contributed by atoms with Gasteiger partial charge in [-0.05, 0) is 57.5 Å². The number of nitrogens with zero attached hydrogens (tertiary/aromatic N) is 1. The second kappa shape index (κ2) is 5.54. The van der Waals surface area contributed by atoms with Crippen molar-refractivity contribution in [1.82, 2.24) is 5.32 Å². The molecule has 0 amide bonds. The van der Waals surface area contributed by atoms with Gasteiger partial charge in [0.2, 0.25) is 0 Å². The molecule has 1 aliphatic rings. The van der Waals surface area contributed by atoms with Crippen molar-refractivity contribution in [1.29, 1.82) is 0 Å². The maximum Gasteiger partial charge on any atom is 0.0405 e. The predicted octanol–water partition coefficient (Wildman–Crippen LogP) is 2.92. The smallest absolute Gasteiger partial charge is 0.0405 e. The maximum atomic E-state index is 3.24. The fraction of sp³-hybridized carbons (Fsp3) is 0.600. The van der Waals surface area contributed by atoms with E-state index in [1.54, 1.807) is 5.56 Å². The summed E-state index contributed by atoms with van der Waals surface area (Å²) < 4.78 is 0. The molecule has 1 aromatic rings. The van der Waals surface area contributed by atoms with Gasteiger partial charge in [0, 0.05) is 24.7 Å². The normalized spacial score (nSPS) is 18.5. The van der Waals surface area contributed by atoms with Gasteiger partial charge in [0.15, 0.2) is 0 Å². The monoisotopic (exact) mass is 232 g/mol. The molecule has 2 nitrogen and oxygen atoms in total. The Kier molecular flexibility index (Phi) is 4.06. The third-order valence-electron chi connectivity index (χ3n) is 3.85. The molecule has 94 valence electrons. The fourth-order valence-corrected chi connectivity index (χ4v) is 2.99. The molecule has 0 aromatic heterocycles. The van der Waals surface area contributed by atoms with Crippen LogP contribution < -0.4 is 10.2 Å². The highest BCUT2D eigenvalue weighted by molar-refractivity contribution is 5.62. The first kappa shape index (κ1) is 12.4. The SMILES string of the molecule is CCN1CC(CCCNC)c2c(C)cccc21. The summed E-state index contributed by atoms with van der Waals surface area (Å²) in [5, 5.41) is 3.24. The lowest BCUT2D eigenvalue weighted by Crippen LogP contribution is -2.21. The lowest BCUT2D eigenvalue weighted by Gasteiger charge is -2.17. The molecule has 17 heavy (non-hydrogen) atoms. The van der Waals surface area contributed by atoms with E-state index in [2.05, 4.69) is 42.3 Å². The minimum absolute atomic E-state index is 0.736. The van der Waals surface area contributed by atoms with Crippen LogP contribution in [0.3, 0.4) is 0 Å². The molecular formula is C15H24N2. The molecule has 1 N–H and O–H groups in total. The Labute approximate surface area is 105 Å². The van der Waals surface area contributed by atoms with Crippen LogP contribution in [0.4, 0.5) is 5.69 Å². The van der Waals surface area contributed by atoms with Crippen molar-refractivity contribution < 1.29 is 0 Å². The maximum absolute atomic E-state index is 3.24. The summed E-state index contributed by atoms with van der Waals surface area (Å²) in [7, 11) is 2.03. The summed E-state index contributed by atoms with van der Waals surface area (Å²) in [6.07, 6.45) is 2.57. The van der Waals surface area contributed by atoms with E-state index in [9.17, 15) is 0 Å². The number of rotatable bonds is 5. The van der Waals surface area contributed by atoms with Crippen LogP contribution in [-0.4, -0.2) is 26.7 Å². The first-order chi connectivity index (χ1) is 8.27. The van der Waals surface area contributed by atoms with Crippen LogP contribution in [0.5, 0.6) is 0 Å². The van der Waals surface area contributed by atoms with E-state index >= 15 is 0 Å². The Morgan fingerprint density at radius 1 is 1.41 bits per heavy atom. The Hall–Kier alpha value is -1.02. The molecule has 0 fully saturated rings. The van der Waals surface area contributed by atoms with Gasteiger partial charge in [-0.3, -0.25) is 0 Å². The van der Waals surface area contributed by atoms with Crippen molar-refractivity contribution in [3.63, 3.8) is 0 Å². The van der Waals surface area contributed by atoms with Gasteiger partial charge < -0.3 is 10.2 Å². The molecular weight excluding hydrogens is 208 g/mol. The van der Waals surface area contributed by atoms with Crippen LogP contribution >= 0.6 is 0 Å². The van der Waals surface area contributed by atoms with Gasteiger partial charge in [0.05, 0.1) is 0 Å². The van der Waals surface area contributed by atoms with Gasteiger partial charge in [-0.25, -0.2) is 0 Å². The van der Waals surface area contributed by atoms with Gasteiger partial charge in [-0.15, -0.1) is 0 Å². The van der Waals surface area contributed by atoms with Crippen LogP contribution in [0.1, 0.15) is 36.8 Å². The Morgan fingerprint density at radius 2 is 2.24 bits per heavy atom. The van der Waals surface area contributed by atoms with Crippen molar-refractivity contribution >= 4 is 5.69 Å². The standard InChI is InChI=1S/C15H24N2/c1-4-17-11-13(8-6-10-16-3)15-12(2)7-5-9-14(15)17/h5,7,9,13,16H,4,6,8,10-11H2,1-3H3. The molecule has 2 heteroatoms. The predicted molar refractivity (Wildman–Crippen MR) is 75.0 cm³/mol. The Bertz CT molecular complexity index is 373. The second-order valence-corrected chi connectivity index (χ2v) is 4.99. The third-order valence-corrected chi connectivity index (χ3v) is 3.85. The largest absolute Gasteiger partial charge is 0.371 e. The summed E-state index contributed by atoms with van der Waals surface area (Å²) >= 11 is 0. The molecule has 0 spiro atoms. The van der Waals surface area contributed by atoms with Crippen LogP contribution in [-0.2, 0) is 0 Å². The highest BCUT2D eigenvalue weighted by Gasteiger charge is 2.28. The molecule has 1 aromatic carbocycles. The summed E-state index contributed by atoms with van der Waals surface area (Å²) in [6, 6.07) is 6.72. The van der Waals surface area contributed by atoms with E-state index < -0.39 is 0 Å². The van der Waals surface area contributed by atoms with E-state index in [4.69, 9.17) is 0 Å². The van der Waals surface area contributed by atoms with Gasteiger partial charge in [-0.2, -0.15) is 0 Å². The van der Waals surface area contributed by atoms with Crippen LogP contribution in [0.25, 0.3) is 0 Å². The number of fused-ring (bicyclic) bond motifs is 1. The lowest BCUT2D eigenvalue weighted by molar-refractivity contribution is 0.587. The minimum atomic E-state index is 0.736. The number of aryl methyl sites for hydroxylation is 1. The third kappa shape index (κ3) is 2.47. The van der Waals surface area contributed by atoms with E-state index in [1.165, 1.54) is 30.6 Å². The summed E-state index contributed by atoms with van der Waals surface area (Å²) in [5.74, 6) is 0.736. The van der Waals surface area contributed by atoms with Crippen molar-refractivity contribution in [3.8, 4) is 0 Å². The number of nitrogens with one attached hydrogen (secondary N) is 1. The highest BCUT2D eigenvalue weighted by atomic mass is 15.1. The van der Waals surface area contributed by atoms with E-state index in [1.807, 2.05) is 7.05 Å². The summed E-state index contributed by atoms with van der Waals surface area (Å²) in [4.78, 5) is 2.52. The van der Waals surface area contributed by atoms with E-state index in [0.29, 0.717) is 0 Å². The molecule has 0 bridgehead atoms. The molecule has 1 atom stereocenters. The average molecular weight is 232 g/mol. The van der Waals surface area contributed by atoms with Gasteiger partial charge in [0.1, 0.15) is 0 Å². The van der Waals surface area contributed by atoms with Crippen LogP contribution in [0.2, 0.25) is 0 Å². The molecule has 1 aliphatic heterocycles. The van der Waals surface area contributed by atoms with E-state index in [-0.39, 0.29) is 0 Å². The van der Waals surface area contributed by atoms with Gasteiger partial charge in [-0.1, -0.05) is 12.1 Å². The molecule has 0 aliphatic carbocycles. The highest BCUT2D eigenvalue weighted by Crippen LogP contribution is 2.40. The quantitative estimate of drug-likeness (QED) is 0.785. The minimum Gasteiger partial charge on any atom is -0.371 e. The number of hydrogen-bond donors (Lipinski definition) is 1. The number of anilines is 1. The van der Waals surface area contributed by atoms with Crippen molar-refractivity contribution in [2.75, 3.05) is 31.6 Å². The zero-order valence-corrected chi connectivity index (χ0v) is 11.3. The Morgan fingerprint density at radius 3 is 2.94 bits per heavy atom. The number of benzene rings is 1. The fourth-order valence-electron chi connectivity index (χ4n) is 2.99. The zero-order chi connectivity index (χ0) is 12.3. The van der Waals surface area contributed by atoms with Crippen molar-refractivity contribution in [3.05, 3.63) is 29.3 Å². The number of hydrogen-bond acceptors (Lipinski definition) is 2. The molecule has 0 saturated heterocycles. The molecule has 0 radical (unpaired) electrons. The zero-order valence-electron chi connectivity index (χ0n) is 11.3. The van der Waals surface area contributed by atoms with Gasteiger partial charge in [0.25, 0.3) is 0 Å². The average Bonchev–Trinajstić information content (AvgIpc) is 2.69. The van der Waals surface area contributed by atoms with Crippen LogP contribution in [0, 0.1) is 6.92 Å². The summed E-state index contributed by atoms with van der Waals surface area (Å²) in [6.45, 7) is 7.97. The second-order valence-electron chi connectivity index (χ2n) is 4.99.